The van der Waals surface area contributed by atoms with Gasteiger partial charge in [-0.15, -0.1) is 20.2 Å². The summed E-state index contributed by atoms with van der Waals surface area (Å²) in [7, 11) is 0. The Bertz CT molecular complexity index is 210. The fraction of sp³-hybridized carbons (Fsp3) is 1.00. The molecule has 0 aliphatic rings. The molecular weight excluding hydrogens is 212 g/mol. The van der Waals surface area contributed by atoms with Gasteiger partial charge in [-0.2, -0.15) is 0 Å². The minimum Gasteiger partial charge on any atom is -0.396 e. The summed E-state index contributed by atoms with van der Waals surface area (Å²) in [6, 6.07) is 0. The maximum Gasteiger partial charge on any atom is 0.294 e. The van der Waals surface area contributed by atoms with Crippen LogP contribution >= 0.6 is 0 Å². The molecule has 15 heavy (non-hydrogen) atoms. The zero-order valence-electron chi connectivity index (χ0n) is 7.90. The predicted octanol–water partition coefficient (Wildman–Crippen LogP) is -0.0658. The molecule has 0 aromatic rings. The second-order valence-electron chi connectivity index (χ2n) is 2.69. The Kier molecular flexibility index (Phi) is 6.89. The second-order valence-corrected chi connectivity index (χ2v) is 2.69. The van der Waals surface area contributed by atoms with E-state index >= 15 is 0 Å². The molecule has 1 atom stereocenters. The monoisotopic (exact) mass is 224 g/mol. The molecule has 0 bridgehead atoms. The van der Waals surface area contributed by atoms with Gasteiger partial charge in [0.1, 0.15) is 12.7 Å². The molecule has 0 unspecified atom stereocenters. The number of unbranched alkanes of at least 4 members (excludes halogenated alkanes) is 1. The Balaban J connectivity index is 3.83. The van der Waals surface area contributed by atoms with Crippen LogP contribution in [0.25, 0.3) is 0 Å². The van der Waals surface area contributed by atoms with Crippen molar-refractivity contribution in [2.45, 2.75) is 25.4 Å². The van der Waals surface area contributed by atoms with E-state index in [1.54, 1.807) is 0 Å². The lowest BCUT2D eigenvalue weighted by atomic mass is 10.2. The van der Waals surface area contributed by atoms with Gasteiger partial charge in [0, 0.05) is 6.61 Å². The zero-order valence-corrected chi connectivity index (χ0v) is 7.90. The van der Waals surface area contributed by atoms with E-state index in [1.807, 2.05) is 0 Å². The van der Waals surface area contributed by atoms with Crippen LogP contribution < -0.4 is 0 Å². The fourth-order valence-electron chi connectivity index (χ4n) is 0.916. The summed E-state index contributed by atoms with van der Waals surface area (Å²) in [6.45, 7) is -0.527. The van der Waals surface area contributed by atoms with Crippen molar-refractivity contribution >= 4 is 0 Å². The molecule has 0 saturated carbocycles. The normalized spacial score (nSPS) is 11.8. The van der Waals surface area contributed by atoms with E-state index in [1.165, 1.54) is 0 Å². The van der Waals surface area contributed by atoms with Gasteiger partial charge in [-0.1, -0.05) is 0 Å². The van der Waals surface area contributed by atoms with E-state index in [0.717, 1.165) is 0 Å². The minimum atomic E-state index is -1.04. The van der Waals surface area contributed by atoms with Crippen LogP contribution in [0.4, 0.5) is 0 Å². The average molecular weight is 224 g/mol. The molecule has 0 aromatic carbocycles. The molecule has 0 aliphatic heterocycles. The largest absolute Gasteiger partial charge is 0.396 e. The van der Waals surface area contributed by atoms with Gasteiger partial charge < -0.3 is 14.8 Å². The summed E-state index contributed by atoms with van der Waals surface area (Å²) >= 11 is 0. The molecule has 0 radical (unpaired) electrons. The Hall–Kier alpha value is -1.64. The van der Waals surface area contributed by atoms with E-state index in [0.29, 0.717) is 12.8 Å². The standard InChI is InChI=1S/C6H12N2O7/c9-4-2-1-3-6(15-8(12)13)5-14-7(10)11/h6,9H,1-5H2/t6-/m0/s1. The third-order valence-electron chi connectivity index (χ3n) is 1.54. The van der Waals surface area contributed by atoms with Crippen LogP contribution in [0.3, 0.4) is 0 Å². The molecule has 0 amide bonds. The molecule has 0 fully saturated rings. The van der Waals surface area contributed by atoms with Crippen molar-refractivity contribution in [3.05, 3.63) is 20.2 Å². The molecule has 0 heterocycles. The van der Waals surface area contributed by atoms with Gasteiger partial charge in [0.05, 0.1) is 0 Å². The van der Waals surface area contributed by atoms with Crippen molar-refractivity contribution in [2.75, 3.05) is 13.2 Å². The van der Waals surface area contributed by atoms with Gasteiger partial charge in [0.25, 0.3) is 10.2 Å². The van der Waals surface area contributed by atoms with Gasteiger partial charge in [-0.3, -0.25) is 0 Å². The SMILES string of the molecule is O=[N+]([O-])OC[C@H](CCCCO)O[N+](=O)[O-]. The molecule has 1 N–H and O–H groups in total. The molecule has 0 rings (SSSR count). The summed E-state index contributed by atoms with van der Waals surface area (Å²) in [5.74, 6) is 0. The van der Waals surface area contributed by atoms with E-state index in [-0.39, 0.29) is 13.0 Å². The van der Waals surface area contributed by atoms with E-state index in [4.69, 9.17) is 5.11 Å². The molecule has 0 aliphatic carbocycles. The Morgan fingerprint density at radius 1 is 1.20 bits per heavy atom. The summed E-state index contributed by atoms with van der Waals surface area (Å²) in [6.07, 6.45) is 0.165. The maximum absolute atomic E-state index is 10.00. The van der Waals surface area contributed by atoms with Crippen LogP contribution in [-0.4, -0.2) is 34.6 Å². The summed E-state index contributed by atoms with van der Waals surface area (Å²) in [4.78, 5) is 28.0. The second kappa shape index (κ2) is 7.74. The molecule has 9 heteroatoms. The third-order valence-corrected chi connectivity index (χ3v) is 1.54. The zero-order chi connectivity index (χ0) is 11.7. The maximum atomic E-state index is 10.00. The van der Waals surface area contributed by atoms with Gasteiger partial charge in [-0.05, 0) is 19.3 Å². The summed E-state index contributed by atoms with van der Waals surface area (Å²) in [5.41, 5.74) is 0. The highest BCUT2D eigenvalue weighted by Gasteiger charge is 2.14. The lowest BCUT2D eigenvalue weighted by molar-refractivity contribution is -0.790. The van der Waals surface area contributed by atoms with Crippen LogP contribution in [0.5, 0.6) is 0 Å². The number of aliphatic hydroxyl groups is 1. The lowest BCUT2D eigenvalue weighted by Gasteiger charge is -2.12. The van der Waals surface area contributed by atoms with E-state index < -0.39 is 22.9 Å². The van der Waals surface area contributed by atoms with Crippen molar-refractivity contribution in [1.29, 1.82) is 0 Å². The van der Waals surface area contributed by atoms with Crippen molar-refractivity contribution < 1.29 is 25.0 Å². The molecular formula is C6H12N2O7. The van der Waals surface area contributed by atoms with Gasteiger partial charge >= 0.3 is 0 Å². The minimum absolute atomic E-state index is 0.0404. The molecule has 0 aromatic heterocycles. The predicted molar refractivity (Wildman–Crippen MR) is 45.8 cm³/mol. The first kappa shape index (κ1) is 13.4. The number of rotatable bonds is 9. The van der Waals surface area contributed by atoms with Crippen molar-refractivity contribution in [1.82, 2.24) is 0 Å². The fourth-order valence-corrected chi connectivity index (χ4v) is 0.916. The Morgan fingerprint density at radius 3 is 2.33 bits per heavy atom. The highest BCUT2D eigenvalue weighted by Crippen LogP contribution is 2.05. The van der Waals surface area contributed by atoms with Crippen LogP contribution in [0, 0.1) is 20.2 Å². The number of hydrogen-bond acceptors (Lipinski definition) is 7. The third kappa shape index (κ3) is 8.68. The van der Waals surface area contributed by atoms with Crippen LogP contribution in [0.2, 0.25) is 0 Å². The molecule has 0 saturated heterocycles. The first-order chi connectivity index (χ1) is 7.06. The van der Waals surface area contributed by atoms with Gasteiger partial charge in [0.2, 0.25) is 0 Å². The summed E-state index contributed by atoms with van der Waals surface area (Å²) < 4.78 is 0. The van der Waals surface area contributed by atoms with E-state index in [9.17, 15) is 20.2 Å². The first-order valence-electron chi connectivity index (χ1n) is 4.25. The topological polar surface area (TPSA) is 125 Å². The van der Waals surface area contributed by atoms with Crippen LogP contribution in [0.15, 0.2) is 0 Å². The van der Waals surface area contributed by atoms with Crippen molar-refractivity contribution in [2.24, 2.45) is 0 Å². The Labute approximate surface area is 84.8 Å². The number of aliphatic hydroxyl groups excluding tert-OH is 1. The molecule has 88 valence electrons. The van der Waals surface area contributed by atoms with Crippen molar-refractivity contribution in [3.8, 4) is 0 Å². The van der Waals surface area contributed by atoms with Crippen LogP contribution in [-0.2, 0) is 9.68 Å². The van der Waals surface area contributed by atoms with Crippen molar-refractivity contribution in [3.63, 3.8) is 0 Å². The van der Waals surface area contributed by atoms with Crippen LogP contribution in [0.1, 0.15) is 19.3 Å². The van der Waals surface area contributed by atoms with E-state index in [2.05, 4.69) is 9.68 Å². The number of nitrogens with zero attached hydrogens (tertiary/aromatic N) is 2. The molecule has 9 nitrogen and oxygen atoms in total. The average Bonchev–Trinajstić information content (AvgIpc) is 2.13. The van der Waals surface area contributed by atoms with Gasteiger partial charge in [0.15, 0.2) is 0 Å². The first-order valence-corrected chi connectivity index (χ1v) is 4.25. The Morgan fingerprint density at radius 2 is 1.87 bits per heavy atom. The number of hydrogen-bond donors (Lipinski definition) is 1. The highest BCUT2D eigenvalue weighted by atomic mass is 17.0. The smallest absolute Gasteiger partial charge is 0.294 e. The van der Waals surface area contributed by atoms with Gasteiger partial charge in [-0.25, -0.2) is 0 Å². The lowest BCUT2D eigenvalue weighted by Crippen LogP contribution is -2.24. The quantitative estimate of drug-likeness (QED) is 0.330. The molecule has 0 spiro atoms. The highest BCUT2D eigenvalue weighted by molar-refractivity contribution is 4.54. The summed E-state index contributed by atoms with van der Waals surface area (Å²) in [5, 5.41) is 26.2.